The lowest BCUT2D eigenvalue weighted by atomic mass is 10.0. The first kappa shape index (κ1) is 14.6. The Balaban J connectivity index is 2.08. The van der Waals surface area contributed by atoms with E-state index in [0.717, 1.165) is 25.1 Å². The molecule has 0 saturated heterocycles. The second-order valence-corrected chi connectivity index (χ2v) is 5.23. The molecule has 0 heterocycles. The first-order valence-corrected chi connectivity index (χ1v) is 7.17. The molecule has 2 N–H and O–H groups in total. The molecule has 20 heavy (non-hydrogen) atoms. The molecule has 2 heteroatoms. The SMILES string of the molecule is Cc1cc(CCCN)cc(C)c1OCc1ccccc1. The van der Waals surface area contributed by atoms with Crippen LogP contribution in [-0.2, 0) is 13.0 Å². The van der Waals surface area contributed by atoms with Gasteiger partial charge >= 0.3 is 0 Å². The van der Waals surface area contributed by atoms with E-state index in [1.54, 1.807) is 0 Å². The highest BCUT2D eigenvalue weighted by Crippen LogP contribution is 2.26. The fraction of sp³-hybridized carbons (Fsp3) is 0.333. The van der Waals surface area contributed by atoms with Crippen molar-refractivity contribution in [3.63, 3.8) is 0 Å². The maximum absolute atomic E-state index is 5.99. The standard InChI is InChI=1S/C18H23NO/c1-14-11-17(9-6-10-19)12-15(2)18(14)20-13-16-7-4-3-5-8-16/h3-5,7-8,11-12H,6,9-10,13,19H2,1-2H3. The third-order valence-corrected chi connectivity index (χ3v) is 3.42. The number of aryl methyl sites for hydroxylation is 3. The van der Waals surface area contributed by atoms with Gasteiger partial charge in [0.05, 0.1) is 0 Å². The van der Waals surface area contributed by atoms with Crippen molar-refractivity contribution in [3.05, 3.63) is 64.7 Å². The van der Waals surface area contributed by atoms with Crippen LogP contribution in [0.2, 0.25) is 0 Å². The van der Waals surface area contributed by atoms with E-state index in [4.69, 9.17) is 10.5 Å². The lowest BCUT2D eigenvalue weighted by Crippen LogP contribution is -2.02. The van der Waals surface area contributed by atoms with Gasteiger partial charge in [0, 0.05) is 0 Å². The molecule has 0 bridgehead atoms. The van der Waals surface area contributed by atoms with Crippen molar-refractivity contribution in [1.29, 1.82) is 0 Å². The van der Waals surface area contributed by atoms with Crippen LogP contribution in [0, 0.1) is 13.8 Å². The first-order valence-electron chi connectivity index (χ1n) is 7.17. The highest BCUT2D eigenvalue weighted by Gasteiger charge is 2.07. The van der Waals surface area contributed by atoms with Crippen molar-refractivity contribution < 1.29 is 4.74 Å². The molecule has 0 saturated carbocycles. The van der Waals surface area contributed by atoms with Crippen molar-refractivity contribution >= 4 is 0 Å². The predicted molar refractivity (Wildman–Crippen MR) is 84.1 cm³/mol. The number of benzene rings is 2. The molecular formula is C18H23NO. The molecule has 2 aromatic carbocycles. The second-order valence-electron chi connectivity index (χ2n) is 5.23. The van der Waals surface area contributed by atoms with Crippen molar-refractivity contribution in [1.82, 2.24) is 0 Å². The normalized spacial score (nSPS) is 10.6. The van der Waals surface area contributed by atoms with Crippen molar-refractivity contribution in [2.45, 2.75) is 33.3 Å². The monoisotopic (exact) mass is 269 g/mol. The van der Waals surface area contributed by atoms with Crippen LogP contribution in [0.25, 0.3) is 0 Å². The van der Waals surface area contributed by atoms with Crippen LogP contribution < -0.4 is 10.5 Å². The van der Waals surface area contributed by atoms with Crippen LogP contribution >= 0.6 is 0 Å². The molecule has 0 aliphatic rings. The van der Waals surface area contributed by atoms with Crippen molar-refractivity contribution in [2.24, 2.45) is 5.73 Å². The van der Waals surface area contributed by atoms with E-state index in [1.165, 1.54) is 22.3 Å². The molecule has 0 unspecified atom stereocenters. The predicted octanol–water partition coefficient (Wildman–Crippen LogP) is 3.77. The first-order chi connectivity index (χ1) is 9.70. The fourth-order valence-corrected chi connectivity index (χ4v) is 2.45. The molecule has 0 radical (unpaired) electrons. The highest BCUT2D eigenvalue weighted by molar-refractivity contribution is 5.43. The maximum atomic E-state index is 5.99. The van der Waals surface area contributed by atoms with Gasteiger partial charge in [-0.15, -0.1) is 0 Å². The molecule has 0 aliphatic heterocycles. The molecule has 0 aliphatic carbocycles. The Morgan fingerprint density at radius 2 is 1.60 bits per heavy atom. The van der Waals surface area contributed by atoms with Crippen molar-refractivity contribution in [2.75, 3.05) is 6.54 Å². The minimum Gasteiger partial charge on any atom is -0.488 e. The number of hydrogen-bond donors (Lipinski definition) is 1. The van der Waals surface area contributed by atoms with E-state index in [9.17, 15) is 0 Å². The molecule has 0 aromatic heterocycles. The van der Waals surface area contributed by atoms with Gasteiger partial charge in [0.2, 0.25) is 0 Å². The van der Waals surface area contributed by atoms with E-state index in [-0.39, 0.29) is 0 Å². The Bertz CT molecular complexity index is 526. The largest absolute Gasteiger partial charge is 0.488 e. The van der Waals surface area contributed by atoms with Crippen LogP contribution in [-0.4, -0.2) is 6.54 Å². The Labute approximate surface area is 121 Å². The molecule has 0 fully saturated rings. The Morgan fingerprint density at radius 3 is 2.20 bits per heavy atom. The van der Waals surface area contributed by atoms with Crippen LogP contribution in [0.5, 0.6) is 5.75 Å². The zero-order chi connectivity index (χ0) is 14.4. The number of hydrogen-bond acceptors (Lipinski definition) is 2. The zero-order valence-corrected chi connectivity index (χ0v) is 12.4. The second kappa shape index (κ2) is 7.11. The van der Waals surface area contributed by atoms with E-state index in [2.05, 4.69) is 38.1 Å². The highest BCUT2D eigenvalue weighted by atomic mass is 16.5. The minimum absolute atomic E-state index is 0.616. The summed E-state index contributed by atoms with van der Waals surface area (Å²) in [5.41, 5.74) is 10.5. The Kier molecular flexibility index (Phi) is 5.19. The number of ether oxygens (including phenoxy) is 1. The van der Waals surface area contributed by atoms with Gasteiger partial charge in [-0.1, -0.05) is 42.5 Å². The number of nitrogens with two attached hydrogens (primary N) is 1. The lowest BCUT2D eigenvalue weighted by Gasteiger charge is -2.14. The Morgan fingerprint density at radius 1 is 0.950 bits per heavy atom. The van der Waals surface area contributed by atoms with Gasteiger partial charge in [-0.3, -0.25) is 0 Å². The van der Waals surface area contributed by atoms with Gasteiger partial charge in [0.25, 0.3) is 0 Å². The van der Waals surface area contributed by atoms with Crippen LogP contribution in [0.4, 0.5) is 0 Å². The summed E-state index contributed by atoms with van der Waals surface area (Å²) in [4.78, 5) is 0. The smallest absolute Gasteiger partial charge is 0.125 e. The van der Waals surface area contributed by atoms with E-state index in [1.807, 2.05) is 18.2 Å². The molecule has 0 amide bonds. The average Bonchev–Trinajstić information content (AvgIpc) is 2.45. The number of rotatable bonds is 6. The fourth-order valence-electron chi connectivity index (χ4n) is 2.45. The van der Waals surface area contributed by atoms with Crippen LogP contribution in [0.1, 0.15) is 28.7 Å². The summed E-state index contributed by atoms with van der Waals surface area (Å²) < 4.78 is 5.99. The van der Waals surface area contributed by atoms with Crippen molar-refractivity contribution in [3.8, 4) is 5.75 Å². The summed E-state index contributed by atoms with van der Waals surface area (Å²) in [6.45, 7) is 5.58. The summed E-state index contributed by atoms with van der Waals surface area (Å²) in [6.07, 6.45) is 2.07. The summed E-state index contributed by atoms with van der Waals surface area (Å²) in [7, 11) is 0. The molecule has 2 aromatic rings. The summed E-state index contributed by atoms with van der Waals surface area (Å²) >= 11 is 0. The topological polar surface area (TPSA) is 35.2 Å². The van der Waals surface area contributed by atoms with E-state index in [0.29, 0.717) is 6.61 Å². The third-order valence-electron chi connectivity index (χ3n) is 3.42. The van der Waals surface area contributed by atoms with Gasteiger partial charge in [0.1, 0.15) is 12.4 Å². The van der Waals surface area contributed by atoms with E-state index < -0.39 is 0 Å². The lowest BCUT2D eigenvalue weighted by molar-refractivity contribution is 0.302. The van der Waals surface area contributed by atoms with Gasteiger partial charge in [0.15, 0.2) is 0 Å². The Hall–Kier alpha value is -1.80. The molecule has 0 atom stereocenters. The molecule has 2 nitrogen and oxygen atoms in total. The third kappa shape index (κ3) is 3.84. The van der Waals surface area contributed by atoms with Crippen LogP contribution in [0.15, 0.2) is 42.5 Å². The maximum Gasteiger partial charge on any atom is 0.125 e. The van der Waals surface area contributed by atoms with Gasteiger partial charge in [-0.05, 0) is 55.5 Å². The zero-order valence-electron chi connectivity index (χ0n) is 12.4. The molecule has 0 spiro atoms. The minimum atomic E-state index is 0.616. The molecule has 106 valence electrons. The van der Waals surface area contributed by atoms with Gasteiger partial charge in [-0.2, -0.15) is 0 Å². The quantitative estimate of drug-likeness (QED) is 0.866. The molecule has 2 rings (SSSR count). The average molecular weight is 269 g/mol. The van der Waals surface area contributed by atoms with Gasteiger partial charge < -0.3 is 10.5 Å². The summed E-state index contributed by atoms with van der Waals surface area (Å²) in [6, 6.07) is 14.7. The summed E-state index contributed by atoms with van der Waals surface area (Å²) in [5.74, 6) is 1.00. The molecular weight excluding hydrogens is 246 g/mol. The summed E-state index contributed by atoms with van der Waals surface area (Å²) in [5, 5.41) is 0. The van der Waals surface area contributed by atoms with Crippen LogP contribution in [0.3, 0.4) is 0 Å². The van der Waals surface area contributed by atoms with E-state index >= 15 is 0 Å². The van der Waals surface area contributed by atoms with Gasteiger partial charge in [-0.25, -0.2) is 0 Å².